The molecule has 2 aromatic heterocycles. The second kappa shape index (κ2) is 10.3. The molecule has 0 amide bonds. The standard InChI is InChI=1S/C44H31BN3/c1-27-25-34(42-40(26-27)48-37-21-10-7-16-30(37)32-18-12-19-35(45-42)44(32)48)31-23-24-39-41(43(31)46-36-20-9-6-13-28(36)2)33-17-8-11-22-38(33)47(39)29-14-4-3-5-15-29/h3-26,46H,1-2H3. The van der Waals surface area contributed by atoms with Crippen molar-refractivity contribution in [3.05, 3.63) is 157 Å². The highest BCUT2D eigenvalue weighted by Gasteiger charge is 2.27. The number of nitrogens with zero attached hydrogens (tertiary/aromatic N) is 2. The quantitative estimate of drug-likeness (QED) is 0.196. The Morgan fingerprint density at radius 1 is 0.542 bits per heavy atom. The van der Waals surface area contributed by atoms with E-state index in [4.69, 9.17) is 0 Å². The third-order valence-corrected chi connectivity index (χ3v) is 10.1. The van der Waals surface area contributed by atoms with Crippen LogP contribution in [0.3, 0.4) is 0 Å². The van der Waals surface area contributed by atoms with Gasteiger partial charge in [-0.1, -0.05) is 109 Å². The maximum absolute atomic E-state index is 3.99. The van der Waals surface area contributed by atoms with E-state index in [1.165, 1.54) is 82.5 Å². The zero-order chi connectivity index (χ0) is 31.9. The highest BCUT2D eigenvalue weighted by molar-refractivity contribution is 6.73. The van der Waals surface area contributed by atoms with E-state index >= 15 is 0 Å². The number of aryl methyl sites for hydroxylation is 2. The minimum absolute atomic E-state index is 1.11. The van der Waals surface area contributed by atoms with Crippen molar-refractivity contribution < 1.29 is 0 Å². The Bertz CT molecular complexity index is 2750. The van der Waals surface area contributed by atoms with E-state index in [1.54, 1.807) is 0 Å². The number of fused-ring (bicyclic) bond motifs is 8. The van der Waals surface area contributed by atoms with Crippen molar-refractivity contribution in [1.82, 2.24) is 9.13 Å². The van der Waals surface area contributed by atoms with E-state index in [0.29, 0.717) is 0 Å². The minimum Gasteiger partial charge on any atom is -0.354 e. The van der Waals surface area contributed by atoms with Crippen molar-refractivity contribution in [1.29, 1.82) is 0 Å². The monoisotopic (exact) mass is 612 g/mol. The molecule has 7 aromatic carbocycles. The fourth-order valence-corrected chi connectivity index (χ4v) is 8.02. The van der Waals surface area contributed by atoms with Gasteiger partial charge in [0, 0.05) is 49.7 Å². The van der Waals surface area contributed by atoms with Crippen molar-refractivity contribution in [3.63, 3.8) is 0 Å². The first kappa shape index (κ1) is 27.1. The summed E-state index contributed by atoms with van der Waals surface area (Å²) in [6.45, 7) is 4.40. The molecule has 1 aliphatic rings. The largest absolute Gasteiger partial charge is 0.354 e. The lowest BCUT2D eigenvalue weighted by molar-refractivity contribution is 1.18. The summed E-state index contributed by atoms with van der Waals surface area (Å²) in [5.74, 6) is 0. The summed E-state index contributed by atoms with van der Waals surface area (Å²) in [4.78, 5) is 0. The molecule has 48 heavy (non-hydrogen) atoms. The first-order chi connectivity index (χ1) is 23.7. The number of aromatic nitrogens is 2. The van der Waals surface area contributed by atoms with Crippen LogP contribution in [0.15, 0.2) is 146 Å². The summed E-state index contributed by atoms with van der Waals surface area (Å²) >= 11 is 0. The predicted octanol–water partition coefficient (Wildman–Crippen LogP) is 9.88. The molecule has 0 saturated carbocycles. The average molecular weight is 613 g/mol. The number of anilines is 2. The van der Waals surface area contributed by atoms with Crippen LogP contribution < -0.4 is 16.2 Å². The molecular weight excluding hydrogens is 581 g/mol. The van der Waals surface area contributed by atoms with E-state index in [0.717, 1.165) is 17.1 Å². The maximum atomic E-state index is 3.99. The summed E-state index contributed by atoms with van der Waals surface area (Å²) < 4.78 is 4.88. The van der Waals surface area contributed by atoms with Crippen molar-refractivity contribution in [2.75, 3.05) is 5.32 Å². The molecule has 10 rings (SSSR count). The SMILES string of the molecule is Cc1cc(-c2ccc3c(c2Nc2ccccc2C)c2ccccc2n3-c2ccccc2)c2c(c1)-n1c3ccccc3c3cccc(c31)[B]2. The summed E-state index contributed by atoms with van der Waals surface area (Å²) in [6.07, 6.45) is 0. The van der Waals surface area contributed by atoms with Gasteiger partial charge in [-0.25, -0.2) is 0 Å². The van der Waals surface area contributed by atoms with Gasteiger partial charge in [0.1, 0.15) is 0 Å². The first-order valence-corrected chi connectivity index (χ1v) is 16.6. The topological polar surface area (TPSA) is 21.9 Å². The number of rotatable bonds is 4. The van der Waals surface area contributed by atoms with Crippen LogP contribution in [-0.4, -0.2) is 16.4 Å². The molecule has 1 aliphatic heterocycles. The molecule has 3 nitrogen and oxygen atoms in total. The zero-order valence-corrected chi connectivity index (χ0v) is 26.8. The molecule has 4 heteroatoms. The number of hydrogen-bond donors (Lipinski definition) is 1. The van der Waals surface area contributed by atoms with Gasteiger partial charge in [0.2, 0.25) is 0 Å². The Balaban J connectivity index is 1.32. The molecule has 1 N–H and O–H groups in total. The minimum atomic E-state index is 1.11. The normalized spacial score (nSPS) is 12.1. The van der Waals surface area contributed by atoms with Crippen LogP contribution in [0.1, 0.15) is 11.1 Å². The smallest absolute Gasteiger partial charge is 0.197 e. The van der Waals surface area contributed by atoms with Gasteiger partial charge in [-0.05, 0) is 78.5 Å². The third kappa shape index (κ3) is 3.83. The molecule has 0 saturated heterocycles. The Labute approximate surface area is 279 Å². The van der Waals surface area contributed by atoms with Gasteiger partial charge >= 0.3 is 0 Å². The second-order valence-electron chi connectivity index (χ2n) is 13.0. The van der Waals surface area contributed by atoms with Crippen LogP contribution in [0.2, 0.25) is 0 Å². The molecule has 1 radical (unpaired) electrons. The fourth-order valence-electron chi connectivity index (χ4n) is 8.02. The van der Waals surface area contributed by atoms with Gasteiger partial charge in [0.15, 0.2) is 7.28 Å². The van der Waals surface area contributed by atoms with Gasteiger partial charge in [0.25, 0.3) is 0 Å². The van der Waals surface area contributed by atoms with Gasteiger partial charge in [-0.2, -0.15) is 0 Å². The van der Waals surface area contributed by atoms with E-state index in [2.05, 4.69) is 181 Å². The van der Waals surface area contributed by atoms with Crippen LogP contribution in [0.4, 0.5) is 11.4 Å². The van der Waals surface area contributed by atoms with Crippen molar-refractivity contribution >= 4 is 73.2 Å². The molecule has 0 aliphatic carbocycles. The lowest BCUT2D eigenvalue weighted by atomic mass is 9.59. The molecular formula is C44H31BN3. The van der Waals surface area contributed by atoms with E-state index < -0.39 is 0 Å². The summed E-state index contributed by atoms with van der Waals surface area (Å²) in [5, 5.41) is 9.02. The van der Waals surface area contributed by atoms with Gasteiger partial charge in [-0.3, -0.25) is 0 Å². The Morgan fingerprint density at radius 2 is 1.25 bits per heavy atom. The van der Waals surface area contributed by atoms with Gasteiger partial charge < -0.3 is 14.5 Å². The highest BCUT2D eigenvalue weighted by atomic mass is 15.0. The fraction of sp³-hybridized carbons (Fsp3) is 0.0455. The second-order valence-corrected chi connectivity index (χ2v) is 13.0. The van der Waals surface area contributed by atoms with Crippen molar-refractivity contribution in [2.24, 2.45) is 0 Å². The number of para-hydroxylation sites is 5. The van der Waals surface area contributed by atoms with E-state index in [9.17, 15) is 0 Å². The molecule has 3 heterocycles. The Morgan fingerprint density at radius 3 is 2.08 bits per heavy atom. The lowest BCUT2D eigenvalue weighted by Gasteiger charge is -2.25. The third-order valence-electron chi connectivity index (χ3n) is 10.1. The van der Waals surface area contributed by atoms with Gasteiger partial charge in [-0.15, -0.1) is 0 Å². The zero-order valence-electron chi connectivity index (χ0n) is 26.8. The van der Waals surface area contributed by atoms with Crippen LogP contribution in [0.25, 0.3) is 66.1 Å². The summed E-state index contributed by atoms with van der Waals surface area (Å²) in [6, 6.07) is 53.0. The summed E-state index contributed by atoms with van der Waals surface area (Å²) in [7, 11) is 2.40. The number of nitrogens with one attached hydrogen (secondary N) is 1. The van der Waals surface area contributed by atoms with Crippen LogP contribution >= 0.6 is 0 Å². The van der Waals surface area contributed by atoms with Crippen LogP contribution in [-0.2, 0) is 0 Å². The maximum Gasteiger partial charge on any atom is 0.197 e. The molecule has 225 valence electrons. The highest BCUT2D eigenvalue weighted by Crippen LogP contribution is 2.44. The van der Waals surface area contributed by atoms with Crippen LogP contribution in [0, 0.1) is 13.8 Å². The molecule has 0 atom stereocenters. The van der Waals surface area contributed by atoms with Gasteiger partial charge in [0.05, 0.1) is 22.2 Å². The lowest BCUT2D eigenvalue weighted by Crippen LogP contribution is -2.37. The number of hydrogen-bond acceptors (Lipinski definition) is 1. The van der Waals surface area contributed by atoms with E-state index in [1.807, 2.05) is 0 Å². The molecule has 9 aromatic rings. The molecule has 0 bridgehead atoms. The van der Waals surface area contributed by atoms with Crippen molar-refractivity contribution in [2.45, 2.75) is 13.8 Å². The molecule has 0 fully saturated rings. The molecule has 0 spiro atoms. The molecule has 0 unspecified atom stereocenters. The Hall–Kier alpha value is -6.00. The summed E-state index contributed by atoms with van der Waals surface area (Å²) in [5.41, 5.74) is 16.8. The van der Waals surface area contributed by atoms with Crippen molar-refractivity contribution in [3.8, 4) is 22.5 Å². The number of benzene rings is 7. The van der Waals surface area contributed by atoms with Crippen LogP contribution in [0.5, 0.6) is 0 Å². The first-order valence-electron chi connectivity index (χ1n) is 16.6. The Kier molecular flexibility index (Phi) is 5.80. The average Bonchev–Trinajstić information content (AvgIpc) is 3.64. The van der Waals surface area contributed by atoms with E-state index in [-0.39, 0.29) is 0 Å². The predicted molar refractivity (Wildman–Crippen MR) is 205 cm³/mol.